The average Bonchev–Trinajstić information content (AvgIpc) is 3.05. The lowest BCUT2D eigenvalue weighted by atomic mass is 10.2. The summed E-state index contributed by atoms with van der Waals surface area (Å²) in [4.78, 5) is 9.24. The lowest BCUT2D eigenvalue weighted by Gasteiger charge is -2.11. The van der Waals surface area contributed by atoms with Crippen LogP contribution in [0, 0.1) is 6.92 Å². The van der Waals surface area contributed by atoms with Crippen molar-refractivity contribution in [3.05, 3.63) is 70.9 Å². The van der Waals surface area contributed by atoms with Crippen molar-refractivity contribution in [1.82, 2.24) is 19.7 Å². The molecule has 2 aromatic carbocycles. The molecule has 0 fully saturated rings. The second-order valence-corrected chi connectivity index (χ2v) is 6.74. The Morgan fingerprint density at radius 2 is 1.89 bits per heavy atom. The van der Waals surface area contributed by atoms with Crippen LogP contribution in [0.4, 0.5) is 17.5 Å². The van der Waals surface area contributed by atoms with Crippen molar-refractivity contribution < 1.29 is 0 Å². The summed E-state index contributed by atoms with van der Waals surface area (Å²) in [5.74, 6) is 1.22. The van der Waals surface area contributed by atoms with E-state index in [-0.39, 0.29) is 0 Å². The van der Waals surface area contributed by atoms with Gasteiger partial charge in [0.05, 0.1) is 11.6 Å². The number of fused-ring (bicyclic) bond motifs is 1. The van der Waals surface area contributed by atoms with Crippen LogP contribution in [-0.2, 0) is 13.6 Å². The second-order valence-electron chi connectivity index (χ2n) is 6.33. The van der Waals surface area contributed by atoms with Gasteiger partial charge >= 0.3 is 0 Å². The molecular weight excluding hydrogens is 360 g/mol. The molecule has 0 bridgehead atoms. The minimum absolute atomic E-state index is 0.538. The van der Waals surface area contributed by atoms with E-state index < -0.39 is 0 Å². The lowest BCUT2D eigenvalue weighted by Crippen LogP contribution is -2.07. The van der Waals surface area contributed by atoms with Gasteiger partial charge in [-0.3, -0.25) is 4.68 Å². The number of hydrogen-bond acceptors (Lipinski definition) is 5. The zero-order valence-corrected chi connectivity index (χ0v) is 15.8. The van der Waals surface area contributed by atoms with E-state index in [4.69, 9.17) is 11.6 Å². The fraction of sp³-hybridized carbons (Fsp3) is 0.150. The van der Waals surface area contributed by atoms with Gasteiger partial charge in [0.25, 0.3) is 0 Å². The third-order valence-corrected chi connectivity index (χ3v) is 4.73. The Labute approximate surface area is 162 Å². The van der Waals surface area contributed by atoms with E-state index in [0.29, 0.717) is 23.3 Å². The van der Waals surface area contributed by atoms with Gasteiger partial charge in [0.2, 0.25) is 5.95 Å². The zero-order chi connectivity index (χ0) is 18.8. The third kappa shape index (κ3) is 3.71. The van der Waals surface area contributed by atoms with E-state index in [1.54, 1.807) is 10.9 Å². The van der Waals surface area contributed by atoms with Crippen molar-refractivity contribution in [2.75, 3.05) is 10.6 Å². The molecule has 0 saturated carbocycles. The maximum atomic E-state index is 6.25. The van der Waals surface area contributed by atoms with E-state index in [9.17, 15) is 0 Å². The summed E-state index contributed by atoms with van der Waals surface area (Å²) in [5, 5.41) is 12.5. The van der Waals surface area contributed by atoms with Crippen molar-refractivity contribution in [2.24, 2.45) is 7.05 Å². The summed E-state index contributed by atoms with van der Waals surface area (Å²) in [5.41, 5.74) is 3.80. The Kier molecular flexibility index (Phi) is 4.64. The topological polar surface area (TPSA) is 67.7 Å². The molecule has 2 N–H and O–H groups in total. The molecular formula is C20H19ClN6. The summed E-state index contributed by atoms with van der Waals surface area (Å²) < 4.78 is 1.73. The van der Waals surface area contributed by atoms with Crippen molar-refractivity contribution in [1.29, 1.82) is 0 Å². The minimum atomic E-state index is 0.538. The fourth-order valence-electron chi connectivity index (χ4n) is 2.78. The lowest BCUT2D eigenvalue weighted by molar-refractivity contribution is 0.785. The predicted molar refractivity (Wildman–Crippen MR) is 110 cm³/mol. The first kappa shape index (κ1) is 17.3. The Balaban J connectivity index is 1.67. The molecule has 0 amide bonds. The van der Waals surface area contributed by atoms with Crippen molar-refractivity contribution in [2.45, 2.75) is 13.5 Å². The molecule has 0 spiro atoms. The van der Waals surface area contributed by atoms with Gasteiger partial charge in [-0.25, -0.2) is 0 Å². The molecule has 0 unspecified atom stereocenters. The van der Waals surface area contributed by atoms with Crippen LogP contribution in [0.5, 0.6) is 0 Å². The molecule has 2 heterocycles. The zero-order valence-electron chi connectivity index (χ0n) is 15.1. The van der Waals surface area contributed by atoms with Crippen LogP contribution in [0.3, 0.4) is 0 Å². The molecule has 136 valence electrons. The van der Waals surface area contributed by atoms with Crippen LogP contribution in [0.1, 0.15) is 11.1 Å². The number of anilines is 3. The summed E-state index contributed by atoms with van der Waals surface area (Å²) in [7, 11) is 1.86. The van der Waals surface area contributed by atoms with Crippen molar-refractivity contribution >= 4 is 40.1 Å². The fourth-order valence-corrected chi connectivity index (χ4v) is 2.96. The predicted octanol–water partition coefficient (Wildman–Crippen LogP) is 4.68. The van der Waals surface area contributed by atoms with Crippen LogP contribution < -0.4 is 10.6 Å². The molecule has 4 aromatic rings. The van der Waals surface area contributed by atoms with Crippen LogP contribution >= 0.6 is 11.6 Å². The Bertz CT molecular complexity index is 1090. The molecule has 7 heteroatoms. The summed E-state index contributed by atoms with van der Waals surface area (Å²) in [6, 6.07) is 16.0. The van der Waals surface area contributed by atoms with Crippen LogP contribution in [0.25, 0.3) is 11.0 Å². The van der Waals surface area contributed by atoms with Gasteiger partial charge in [-0.1, -0.05) is 48.0 Å². The number of aromatic nitrogens is 4. The Morgan fingerprint density at radius 3 is 2.67 bits per heavy atom. The first-order valence-electron chi connectivity index (χ1n) is 8.61. The smallest absolute Gasteiger partial charge is 0.227 e. The summed E-state index contributed by atoms with van der Waals surface area (Å²) >= 11 is 6.25. The van der Waals surface area contributed by atoms with E-state index in [2.05, 4.69) is 37.8 Å². The molecule has 0 aliphatic carbocycles. The van der Waals surface area contributed by atoms with Crippen LogP contribution in [0.2, 0.25) is 5.02 Å². The van der Waals surface area contributed by atoms with Crippen LogP contribution in [0.15, 0.2) is 54.7 Å². The number of rotatable bonds is 5. The van der Waals surface area contributed by atoms with Crippen LogP contribution in [-0.4, -0.2) is 19.7 Å². The highest BCUT2D eigenvalue weighted by Crippen LogP contribution is 2.27. The number of aryl methyl sites for hydroxylation is 2. The molecule has 4 rings (SSSR count). The van der Waals surface area contributed by atoms with E-state index in [1.165, 1.54) is 0 Å². The highest BCUT2D eigenvalue weighted by Gasteiger charge is 2.12. The molecule has 0 saturated heterocycles. The first-order chi connectivity index (χ1) is 13.1. The van der Waals surface area contributed by atoms with E-state index in [0.717, 1.165) is 27.8 Å². The Morgan fingerprint density at radius 1 is 1.07 bits per heavy atom. The van der Waals surface area contributed by atoms with E-state index >= 15 is 0 Å². The van der Waals surface area contributed by atoms with Gasteiger partial charge in [-0.15, -0.1) is 0 Å². The number of nitrogens with zero attached hydrogens (tertiary/aromatic N) is 4. The van der Waals surface area contributed by atoms with Crippen molar-refractivity contribution in [3.63, 3.8) is 0 Å². The number of halogens is 1. The van der Waals surface area contributed by atoms with Gasteiger partial charge in [-0.2, -0.15) is 15.1 Å². The quantitative estimate of drug-likeness (QED) is 0.527. The van der Waals surface area contributed by atoms with Gasteiger partial charge < -0.3 is 10.6 Å². The summed E-state index contributed by atoms with van der Waals surface area (Å²) in [6.07, 6.45) is 1.76. The van der Waals surface area contributed by atoms with Gasteiger partial charge in [0, 0.05) is 24.3 Å². The Hall–Kier alpha value is -3.12. The summed E-state index contributed by atoms with van der Waals surface area (Å²) in [6.45, 7) is 2.61. The monoisotopic (exact) mass is 378 g/mol. The number of hydrogen-bond donors (Lipinski definition) is 2. The minimum Gasteiger partial charge on any atom is -0.350 e. The van der Waals surface area contributed by atoms with Gasteiger partial charge in [-0.05, 0) is 30.2 Å². The second kappa shape index (κ2) is 7.25. The largest absolute Gasteiger partial charge is 0.350 e. The molecule has 0 aliphatic heterocycles. The molecule has 2 aromatic heterocycles. The highest BCUT2D eigenvalue weighted by atomic mass is 35.5. The average molecular weight is 379 g/mol. The normalized spacial score (nSPS) is 10.9. The van der Waals surface area contributed by atoms with E-state index in [1.807, 2.05) is 50.4 Å². The first-order valence-corrected chi connectivity index (χ1v) is 8.98. The molecule has 0 aliphatic rings. The molecule has 27 heavy (non-hydrogen) atoms. The van der Waals surface area contributed by atoms with Gasteiger partial charge in [0.1, 0.15) is 5.82 Å². The maximum absolute atomic E-state index is 6.25. The number of benzene rings is 2. The molecule has 0 atom stereocenters. The highest BCUT2D eigenvalue weighted by molar-refractivity contribution is 6.31. The number of nitrogens with one attached hydrogen (secondary N) is 2. The molecule has 6 nitrogen and oxygen atoms in total. The molecule has 0 radical (unpaired) electrons. The van der Waals surface area contributed by atoms with Crippen molar-refractivity contribution in [3.8, 4) is 0 Å². The third-order valence-electron chi connectivity index (χ3n) is 4.32. The van der Waals surface area contributed by atoms with Gasteiger partial charge in [0.15, 0.2) is 5.65 Å². The standard InChI is InChI=1S/C20H19ClN6/c1-13-8-9-15(10-17(13)21)24-18-16-12-23-27(2)19(16)26-20(25-18)22-11-14-6-4-3-5-7-14/h3-10,12H,11H2,1-2H3,(H2,22,24,25,26). The SMILES string of the molecule is Cc1ccc(Nc2nc(NCc3ccccc3)nc3c2cnn3C)cc1Cl. The maximum Gasteiger partial charge on any atom is 0.227 e.